The Morgan fingerprint density at radius 3 is 2.06 bits per heavy atom. The molecule has 0 spiro atoms. The summed E-state index contributed by atoms with van der Waals surface area (Å²) < 4.78 is 0. The van der Waals surface area contributed by atoms with Crippen LogP contribution in [0.25, 0.3) is 0 Å². The van der Waals surface area contributed by atoms with Crippen molar-refractivity contribution in [3.8, 4) is 0 Å². The summed E-state index contributed by atoms with van der Waals surface area (Å²) >= 11 is 0. The molecule has 1 saturated carbocycles. The molecule has 2 aliphatic heterocycles. The van der Waals surface area contributed by atoms with Gasteiger partial charge in [-0.05, 0) is 44.2 Å². The predicted molar refractivity (Wildman–Crippen MR) is 75.8 cm³/mol. The van der Waals surface area contributed by atoms with E-state index in [0.29, 0.717) is 0 Å². The highest BCUT2D eigenvalue weighted by molar-refractivity contribution is 4.93. The van der Waals surface area contributed by atoms with Gasteiger partial charge in [0.05, 0.1) is 0 Å². The van der Waals surface area contributed by atoms with Crippen molar-refractivity contribution >= 4 is 0 Å². The van der Waals surface area contributed by atoms with Crippen LogP contribution in [0, 0.1) is 11.8 Å². The average molecular weight is 251 g/mol. The average Bonchev–Trinajstić information content (AvgIpc) is 3.04. The lowest BCUT2D eigenvalue weighted by Gasteiger charge is -2.36. The summed E-state index contributed by atoms with van der Waals surface area (Å²) in [5.41, 5.74) is 0. The summed E-state index contributed by atoms with van der Waals surface area (Å²) in [5, 5.41) is 3.60. The van der Waals surface area contributed by atoms with Crippen LogP contribution in [0.1, 0.15) is 33.1 Å². The Balaban J connectivity index is 1.58. The molecule has 2 saturated heterocycles. The molecule has 0 aromatic rings. The molecule has 104 valence electrons. The third kappa shape index (κ3) is 3.06. The van der Waals surface area contributed by atoms with Crippen molar-refractivity contribution < 1.29 is 0 Å². The van der Waals surface area contributed by atoms with Crippen LogP contribution in [0.5, 0.6) is 0 Å². The third-order valence-electron chi connectivity index (χ3n) is 4.85. The van der Waals surface area contributed by atoms with Crippen LogP contribution in [0.15, 0.2) is 0 Å². The molecule has 3 heteroatoms. The van der Waals surface area contributed by atoms with Gasteiger partial charge in [-0.3, -0.25) is 9.80 Å². The van der Waals surface area contributed by atoms with Crippen molar-refractivity contribution in [1.29, 1.82) is 0 Å². The van der Waals surface area contributed by atoms with Gasteiger partial charge in [0.2, 0.25) is 0 Å². The number of rotatable bonds is 2. The van der Waals surface area contributed by atoms with Crippen molar-refractivity contribution in [2.75, 3.05) is 39.3 Å². The van der Waals surface area contributed by atoms with Gasteiger partial charge in [-0.15, -0.1) is 0 Å². The first-order valence-corrected chi connectivity index (χ1v) is 7.91. The van der Waals surface area contributed by atoms with Crippen LogP contribution in [0.4, 0.5) is 0 Å². The molecule has 0 amide bonds. The molecular formula is C15H29N3. The first kappa shape index (κ1) is 12.9. The van der Waals surface area contributed by atoms with E-state index in [0.717, 1.165) is 23.9 Å². The van der Waals surface area contributed by atoms with Crippen LogP contribution in [-0.2, 0) is 0 Å². The molecule has 0 aromatic carbocycles. The summed E-state index contributed by atoms with van der Waals surface area (Å²) in [6, 6.07) is 1.80. The Labute approximate surface area is 112 Å². The second-order valence-corrected chi connectivity index (χ2v) is 6.99. The number of hydrogen-bond donors (Lipinski definition) is 1. The number of nitrogens with one attached hydrogen (secondary N) is 1. The highest BCUT2D eigenvalue weighted by Gasteiger charge is 2.37. The molecule has 18 heavy (non-hydrogen) atoms. The Kier molecular flexibility index (Phi) is 3.92. The van der Waals surface area contributed by atoms with Crippen LogP contribution < -0.4 is 5.32 Å². The van der Waals surface area contributed by atoms with E-state index in [-0.39, 0.29) is 0 Å². The lowest BCUT2D eigenvalue weighted by Crippen LogP contribution is -2.48. The van der Waals surface area contributed by atoms with E-state index in [4.69, 9.17) is 0 Å². The van der Waals surface area contributed by atoms with E-state index >= 15 is 0 Å². The van der Waals surface area contributed by atoms with Crippen molar-refractivity contribution in [3.05, 3.63) is 0 Å². The maximum absolute atomic E-state index is 3.60. The second kappa shape index (κ2) is 5.48. The highest BCUT2D eigenvalue weighted by atomic mass is 15.3. The van der Waals surface area contributed by atoms with Gasteiger partial charge < -0.3 is 5.32 Å². The van der Waals surface area contributed by atoms with Gasteiger partial charge in [0.1, 0.15) is 0 Å². The molecule has 3 atom stereocenters. The lowest BCUT2D eigenvalue weighted by molar-refractivity contribution is 0.133. The van der Waals surface area contributed by atoms with Gasteiger partial charge in [0, 0.05) is 38.3 Å². The van der Waals surface area contributed by atoms with Crippen molar-refractivity contribution in [3.63, 3.8) is 0 Å². The van der Waals surface area contributed by atoms with E-state index in [1.807, 2.05) is 0 Å². The fourth-order valence-corrected chi connectivity index (χ4v) is 3.72. The molecule has 0 bridgehead atoms. The molecular weight excluding hydrogens is 222 g/mol. The molecule has 3 unspecified atom stereocenters. The van der Waals surface area contributed by atoms with Crippen molar-refractivity contribution in [2.24, 2.45) is 11.8 Å². The number of likely N-dealkylation sites (tertiary alicyclic amines) is 1. The zero-order valence-electron chi connectivity index (χ0n) is 12.1. The minimum absolute atomic E-state index is 0.799. The Bertz CT molecular complexity index is 265. The fourth-order valence-electron chi connectivity index (χ4n) is 3.72. The minimum Gasteiger partial charge on any atom is -0.316 e. The largest absolute Gasteiger partial charge is 0.316 e. The van der Waals surface area contributed by atoms with E-state index in [2.05, 4.69) is 29.0 Å². The van der Waals surface area contributed by atoms with Crippen LogP contribution >= 0.6 is 0 Å². The summed E-state index contributed by atoms with van der Waals surface area (Å²) in [5.74, 6) is 1.60. The van der Waals surface area contributed by atoms with Gasteiger partial charge in [-0.1, -0.05) is 13.8 Å². The first-order chi connectivity index (χ1) is 8.72. The van der Waals surface area contributed by atoms with Gasteiger partial charge in [0.25, 0.3) is 0 Å². The van der Waals surface area contributed by atoms with Gasteiger partial charge in [-0.25, -0.2) is 0 Å². The molecule has 2 heterocycles. The topological polar surface area (TPSA) is 18.5 Å². The van der Waals surface area contributed by atoms with Crippen molar-refractivity contribution in [2.45, 2.75) is 45.2 Å². The van der Waals surface area contributed by atoms with Crippen LogP contribution in [0.2, 0.25) is 0 Å². The predicted octanol–water partition coefficient (Wildman–Crippen LogP) is 1.40. The SMILES string of the molecule is CC1CNCC(C)CN(C2CCN(C3CC3)C2)C1. The van der Waals surface area contributed by atoms with Gasteiger partial charge in [0.15, 0.2) is 0 Å². The lowest BCUT2D eigenvalue weighted by atomic mass is 10.0. The monoisotopic (exact) mass is 251 g/mol. The van der Waals surface area contributed by atoms with Gasteiger partial charge in [-0.2, -0.15) is 0 Å². The summed E-state index contributed by atoms with van der Waals surface area (Å²) in [4.78, 5) is 5.55. The van der Waals surface area contributed by atoms with Crippen molar-refractivity contribution in [1.82, 2.24) is 15.1 Å². The smallest absolute Gasteiger partial charge is 0.0235 e. The molecule has 3 nitrogen and oxygen atoms in total. The van der Waals surface area contributed by atoms with E-state index < -0.39 is 0 Å². The van der Waals surface area contributed by atoms with Gasteiger partial charge >= 0.3 is 0 Å². The summed E-state index contributed by atoms with van der Waals surface area (Å²) in [7, 11) is 0. The molecule has 0 radical (unpaired) electrons. The molecule has 1 aliphatic carbocycles. The number of nitrogens with zero attached hydrogens (tertiary/aromatic N) is 2. The first-order valence-electron chi connectivity index (χ1n) is 7.91. The Morgan fingerprint density at radius 2 is 1.44 bits per heavy atom. The highest BCUT2D eigenvalue weighted by Crippen LogP contribution is 2.31. The summed E-state index contributed by atoms with van der Waals surface area (Å²) in [6.45, 7) is 12.5. The summed E-state index contributed by atoms with van der Waals surface area (Å²) in [6.07, 6.45) is 4.33. The van der Waals surface area contributed by atoms with E-state index in [1.165, 1.54) is 58.5 Å². The zero-order chi connectivity index (χ0) is 12.5. The minimum atomic E-state index is 0.799. The zero-order valence-corrected chi connectivity index (χ0v) is 12.1. The normalized spacial score (nSPS) is 40.7. The molecule has 3 fully saturated rings. The molecule has 0 aromatic heterocycles. The Hall–Kier alpha value is -0.120. The third-order valence-corrected chi connectivity index (χ3v) is 4.85. The van der Waals surface area contributed by atoms with E-state index in [1.54, 1.807) is 0 Å². The van der Waals surface area contributed by atoms with Crippen LogP contribution in [-0.4, -0.2) is 61.2 Å². The fraction of sp³-hybridized carbons (Fsp3) is 1.00. The maximum atomic E-state index is 3.60. The molecule has 3 aliphatic rings. The second-order valence-electron chi connectivity index (χ2n) is 6.99. The standard InChI is InChI=1S/C15H29N3/c1-12-7-16-8-13(2)10-18(9-12)15-5-6-17(11-15)14-3-4-14/h12-16H,3-11H2,1-2H3. The van der Waals surface area contributed by atoms with E-state index in [9.17, 15) is 0 Å². The Morgan fingerprint density at radius 1 is 0.778 bits per heavy atom. The quantitative estimate of drug-likeness (QED) is 0.800. The number of hydrogen-bond acceptors (Lipinski definition) is 3. The maximum Gasteiger partial charge on any atom is 0.0235 e. The molecule has 1 N–H and O–H groups in total. The molecule has 3 rings (SSSR count). The van der Waals surface area contributed by atoms with Crippen LogP contribution in [0.3, 0.4) is 0 Å².